The molecule has 1 aromatic heterocycles. The monoisotopic (exact) mass is 197 g/mol. The van der Waals surface area contributed by atoms with Crippen molar-refractivity contribution in [3.05, 3.63) is 18.0 Å². The minimum atomic E-state index is -0.348. The van der Waals surface area contributed by atoms with Gasteiger partial charge in [0.1, 0.15) is 6.04 Å². The molecule has 0 spiro atoms. The van der Waals surface area contributed by atoms with Crippen LogP contribution >= 0.6 is 0 Å². The van der Waals surface area contributed by atoms with Crippen molar-refractivity contribution in [2.45, 2.75) is 19.5 Å². The molecule has 1 rings (SSSR count). The van der Waals surface area contributed by atoms with E-state index in [9.17, 15) is 4.79 Å². The van der Waals surface area contributed by atoms with Crippen LogP contribution in [0, 0.1) is 6.92 Å². The number of aryl methyl sites for hydroxylation is 1. The van der Waals surface area contributed by atoms with Crippen molar-refractivity contribution in [2.24, 2.45) is 0 Å². The number of carbonyl (C=O) groups is 1. The number of methoxy groups -OCH3 is 1. The van der Waals surface area contributed by atoms with E-state index in [4.69, 9.17) is 0 Å². The number of likely N-dealkylation sites (N-methyl/N-ethyl adjacent to an activating group) is 1. The molecule has 1 aromatic rings. The highest BCUT2D eigenvalue weighted by molar-refractivity contribution is 5.75. The van der Waals surface area contributed by atoms with Crippen molar-refractivity contribution in [3.63, 3.8) is 0 Å². The molecule has 5 heteroatoms. The smallest absolute Gasteiger partial charge is 0.324 e. The zero-order chi connectivity index (χ0) is 10.6. The SMILES string of the molecule is CNC(Cn1ccc(C)n1)C(=O)OC. The van der Waals surface area contributed by atoms with Gasteiger partial charge >= 0.3 is 5.97 Å². The predicted molar refractivity (Wildman–Crippen MR) is 51.8 cm³/mol. The van der Waals surface area contributed by atoms with Crippen LogP contribution in [-0.4, -0.2) is 35.9 Å². The lowest BCUT2D eigenvalue weighted by Crippen LogP contribution is -2.38. The molecule has 0 radical (unpaired) electrons. The zero-order valence-electron chi connectivity index (χ0n) is 8.65. The van der Waals surface area contributed by atoms with Gasteiger partial charge < -0.3 is 10.1 Å². The summed E-state index contributed by atoms with van der Waals surface area (Å²) in [4.78, 5) is 11.2. The summed E-state index contributed by atoms with van der Waals surface area (Å²) in [5.41, 5.74) is 0.935. The van der Waals surface area contributed by atoms with Crippen LogP contribution < -0.4 is 5.32 Å². The predicted octanol–water partition coefficient (Wildman–Crippen LogP) is -0.0475. The highest BCUT2D eigenvalue weighted by Crippen LogP contribution is 1.96. The van der Waals surface area contributed by atoms with Gasteiger partial charge in [-0.1, -0.05) is 0 Å². The molecule has 0 fully saturated rings. The number of hydrogen-bond acceptors (Lipinski definition) is 4. The maximum Gasteiger partial charge on any atom is 0.324 e. The minimum absolute atomic E-state index is 0.277. The van der Waals surface area contributed by atoms with E-state index in [0.29, 0.717) is 6.54 Å². The van der Waals surface area contributed by atoms with E-state index < -0.39 is 0 Å². The summed E-state index contributed by atoms with van der Waals surface area (Å²) >= 11 is 0. The molecule has 1 atom stereocenters. The van der Waals surface area contributed by atoms with Crippen LogP contribution in [0.2, 0.25) is 0 Å². The largest absolute Gasteiger partial charge is 0.468 e. The molecule has 1 heterocycles. The van der Waals surface area contributed by atoms with Crippen LogP contribution in [0.4, 0.5) is 0 Å². The molecular formula is C9H15N3O2. The Morgan fingerprint density at radius 1 is 1.79 bits per heavy atom. The highest BCUT2D eigenvalue weighted by Gasteiger charge is 2.17. The summed E-state index contributed by atoms with van der Waals surface area (Å²) in [6.07, 6.45) is 1.84. The van der Waals surface area contributed by atoms with Crippen molar-refractivity contribution in [1.29, 1.82) is 0 Å². The van der Waals surface area contributed by atoms with Crippen molar-refractivity contribution in [2.75, 3.05) is 14.2 Å². The first kappa shape index (κ1) is 10.7. The van der Waals surface area contributed by atoms with Gasteiger partial charge in [-0.15, -0.1) is 0 Å². The Kier molecular flexibility index (Phi) is 3.64. The maximum absolute atomic E-state index is 11.2. The topological polar surface area (TPSA) is 56.2 Å². The second-order valence-electron chi connectivity index (χ2n) is 3.04. The van der Waals surface area contributed by atoms with Gasteiger partial charge in [0.25, 0.3) is 0 Å². The van der Waals surface area contributed by atoms with Crippen molar-refractivity contribution >= 4 is 5.97 Å². The maximum atomic E-state index is 11.2. The molecule has 5 nitrogen and oxygen atoms in total. The fourth-order valence-corrected chi connectivity index (χ4v) is 1.18. The van der Waals surface area contributed by atoms with Crippen LogP contribution in [0.1, 0.15) is 5.69 Å². The van der Waals surface area contributed by atoms with E-state index >= 15 is 0 Å². The van der Waals surface area contributed by atoms with E-state index in [1.165, 1.54) is 7.11 Å². The minimum Gasteiger partial charge on any atom is -0.468 e. The first-order chi connectivity index (χ1) is 6.67. The van der Waals surface area contributed by atoms with Gasteiger partial charge in [-0.05, 0) is 20.0 Å². The quantitative estimate of drug-likeness (QED) is 0.688. The lowest BCUT2D eigenvalue weighted by Gasteiger charge is -2.13. The van der Waals surface area contributed by atoms with Gasteiger partial charge in [-0.2, -0.15) is 5.10 Å². The van der Waals surface area contributed by atoms with Crippen LogP contribution in [0.15, 0.2) is 12.3 Å². The Morgan fingerprint density at radius 3 is 2.93 bits per heavy atom. The van der Waals surface area contributed by atoms with E-state index in [1.807, 2.05) is 19.2 Å². The van der Waals surface area contributed by atoms with E-state index in [1.54, 1.807) is 11.7 Å². The van der Waals surface area contributed by atoms with Gasteiger partial charge in [-0.25, -0.2) is 0 Å². The molecule has 14 heavy (non-hydrogen) atoms. The molecule has 0 saturated heterocycles. The van der Waals surface area contributed by atoms with Gasteiger partial charge in [0.05, 0.1) is 19.3 Å². The lowest BCUT2D eigenvalue weighted by atomic mass is 10.3. The third-order valence-corrected chi connectivity index (χ3v) is 1.98. The fourth-order valence-electron chi connectivity index (χ4n) is 1.18. The normalized spacial score (nSPS) is 12.5. The summed E-state index contributed by atoms with van der Waals surface area (Å²) in [6.45, 7) is 2.39. The third kappa shape index (κ3) is 2.56. The number of aromatic nitrogens is 2. The number of nitrogens with zero attached hydrogens (tertiary/aromatic N) is 2. The molecule has 1 N–H and O–H groups in total. The summed E-state index contributed by atoms with van der Waals surface area (Å²) < 4.78 is 6.36. The van der Waals surface area contributed by atoms with Crippen LogP contribution in [0.25, 0.3) is 0 Å². The average Bonchev–Trinajstić information content (AvgIpc) is 2.59. The number of hydrogen-bond donors (Lipinski definition) is 1. The summed E-state index contributed by atoms with van der Waals surface area (Å²) in [5, 5.41) is 7.06. The first-order valence-corrected chi connectivity index (χ1v) is 4.42. The Balaban J connectivity index is 2.61. The van der Waals surface area contributed by atoms with Gasteiger partial charge in [0, 0.05) is 6.20 Å². The number of ether oxygens (including phenoxy) is 1. The van der Waals surface area contributed by atoms with Gasteiger partial charge in [0.15, 0.2) is 0 Å². The molecule has 0 aliphatic rings. The summed E-state index contributed by atoms with van der Waals surface area (Å²) in [5.74, 6) is -0.277. The van der Waals surface area contributed by atoms with Crippen LogP contribution in [0.3, 0.4) is 0 Å². The highest BCUT2D eigenvalue weighted by atomic mass is 16.5. The summed E-state index contributed by atoms with van der Waals surface area (Å²) in [7, 11) is 3.10. The molecule has 78 valence electrons. The molecular weight excluding hydrogens is 182 g/mol. The fraction of sp³-hybridized carbons (Fsp3) is 0.556. The van der Waals surface area contributed by atoms with Crippen LogP contribution in [-0.2, 0) is 16.1 Å². The number of nitrogens with one attached hydrogen (secondary N) is 1. The van der Waals surface area contributed by atoms with Gasteiger partial charge in [-0.3, -0.25) is 9.48 Å². The van der Waals surface area contributed by atoms with Gasteiger partial charge in [0.2, 0.25) is 0 Å². The van der Waals surface area contributed by atoms with E-state index in [2.05, 4.69) is 15.2 Å². The molecule has 0 aliphatic heterocycles. The molecule has 0 aliphatic carbocycles. The lowest BCUT2D eigenvalue weighted by molar-refractivity contribution is -0.143. The van der Waals surface area contributed by atoms with E-state index in [-0.39, 0.29) is 12.0 Å². The Labute approximate surface area is 83.1 Å². The molecule has 0 aromatic carbocycles. The number of carbonyl (C=O) groups excluding carboxylic acids is 1. The van der Waals surface area contributed by atoms with Crippen LogP contribution in [0.5, 0.6) is 0 Å². The third-order valence-electron chi connectivity index (χ3n) is 1.98. The second-order valence-corrected chi connectivity index (χ2v) is 3.04. The molecule has 0 saturated carbocycles. The summed E-state index contributed by atoms with van der Waals surface area (Å²) in [6, 6.07) is 1.54. The number of esters is 1. The van der Waals surface area contributed by atoms with Crippen molar-refractivity contribution in [1.82, 2.24) is 15.1 Å². The molecule has 1 unspecified atom stereocenters. The van der Waals surface area contributed by atoms with E-state index in [0.717, 1.165) is 5.69 Å². The van der Waals surface area contributed by atoms with Crippen molar-refractivity contribution < 1.29 is 9.53 Å². The standard InChI is InChI=1S/C9H15N3O2/c1-7-4-5-12(11-7)6-8(10-2)9(13)14-3/h4-5,8,10H,6H2,1-3H3. The Hall–Kier alpha value is -1.36. The van der Waals surface area contributed by atoms with Crippen molar-refractivity contribution in [3.8, 4) is 0 Å². The second kappa shape index (κ2) is 4.76. The Bertz CT molecular complexity index is 309. The zero-order valence-corrected chi connectivity index (χ0v) is 8.65. The molecule has 0 amide bonds. The Morgan fingerprint density at radius 2 is 2.50 bits per heavy atom. The average molecular weight is 197 g/mol. The number of rotatable bonds is 4. The first-order valence-electron chi connectivity index (χ1n) is 4.42. The molecule has 0 bridgehead atoms.